The van der Waals surface area contributed by atoms with Crippen molar-refractivity contribution in [3.63, 3.8) is 0 Å². The fourth-order valence-electron chi connectivity index (χ4n) is 1.39. The molecular formula is C12H17FN2O. The van der Waals surface area contributed by atoms with E-state index in [-0.39, 0.29) is 11.7 Å². The highest BCUT2D eigenvalue weighted by Crippen LogP contribution is 2.16. The SMILES string of the molecule is CCC(N)(CC)C(=O)Nc1cccc(F)c1. The van der Waals surface area contributed by atoms with Crippen molar-refractivity contribution >= 4 is 11.6 Å². The number of nitrogens with one attached hydrogen (secondary N) is 1. The second-order valence-corrected chi connectivity index (χ2v) is 3.83. The number of amides is 1. The van der Waals surface area contributed by atoms with Crippen LogP contribution in [0.1, 0.15) is 26.7 Å². The van der Waals surface area contributed by atoms with E-state index in [0.717, 1.165) is 0 Å². The van der Waals surface area contributed by atoms with E-state index in [4.69, 9.17) is 5.73 Å². The summed E-state index contributed by atoms with van der Waals surface area (Å²) in [6.07, 6.45) is 1.09. The zero-order valence-corrected chi connectivity index (χ0v) is 9.59. The molecule has 1 amide bonds. The Morgan fingerprint density at radius 2 is 2.06 bits per heavy atom. The van der Waals surface area contributed by atoms with Crippen LogP contribution in [0.4, 0.5) is 10.1 Å². The largest absolute Gasteiger partial charge is 0.324 e. The zero-order chi connectivity index (χ0) is 12.2. The van der Waals surface area contributed by atoms with Crippen LogP contribution >= 0.6 is 0 Å². The maximum Gasteiger partial charge on any atom is 0.244 e. The molecule has 0 aliphatic heterocycles. The van der Waals surface area contributed by atoms with Gasteiger partial charge in [-0.2, -0.15) is 0 Å². The summed E-state index contributed by atoms with van der Waals surface area (Å²) in [7, 11) is 0. The van der Waals surface area contributed by atoms with Crippen LogP contribution in [0.25, 0.3) is 0 Å². The maximum absolute atomic E-state index is 12.9. The molecule has 4 heteroatoms. The molecule has 0 unspecified atom stereocenters. The first-order valence-electron chi connectivity index (χ1n) is 5.37. The number of carbonyl (C=O) groups is 1. The molecule has 0 heterocycles. The first-order chi connectivity index (χ1) is 7.51. The lowest BCUT2D eigenvalue weighted by Crippen LogP contribution is -2.50. The van der Waals surface area contributed by atoms with Gasteiger partial charge in [-0.05, 0) is 31.0 Å². The summed E-state index contributed by atoms with van der Waals surface area (Å²) in [5.41, 5.74) is 5.47. The lowest BCUT2D eigenvalue weighted by molar-refractivity contribution is -0.121. The van der Waals surface area contributed by atoms with Crippen molar-refractivity contribution < 1.29 is 9.18 Å². The molecule has 88 valence electrons. The Hall–Kier alpha value is -1.42. The molecule has 0 spiro atoms. The zero-order valence-electron chi connectivity index (χ0n) is 9.59. The van der Waals surface area contributed by atoms with E-state index in [9.17, 15) is 9.18 Å². The summed E-state index contributed by atoms with van der Waals surface area (Å²) in [5, 5.41) is 2.62. The highest BCUT2D eigenvalue weighted by molar-refractivity contribution is 5.97. The van der Waals surface area contributed by atoms with Gasteiger partial charge in [0, 0.05) is 5.69 Å². The summed E-state index contributed by atoms with van der Waals surface area (Å²) in [6, 6.07) is 5.77. The lowest BCUT2D eigenvalue weighted by Gasteiger charge is -2.25. The molecule has 0 fully saturated rings. The van der Waals surface area contributed by atoms with Crippen molar-refractivity contribution in [1.29, 1.82) is 0 Å². The number of anilines is 1. The normalized spacial score (nSPS) is 11.2. The van der Waals surface area contributed by atoms with Gasteiger partial charge in [-0.1, -0.05) is 19.9 Å². The summed E-state index contributed by atoms with van der Waals surface area (Å²) in [4.78, 5) is 11.8. The Labute approximate surface area is 94.8 Å². The second kappa shape index (κ2) is 5.07. The van der Waals surface area contributed by atoms with Crippen molar-refractivity contribution in [3.05, 3.63) is 30.1 Å². The van der Waals surface area contributed by atoms with E-state index in [1.807, 2.05) is 13.8 Å². The van der Waals surface area contributed by atoms with Gasteiger partial charge in [0.2, 0.25) is 5.91 Å². The number of benzene rings is 1. The fourth-order valence-corrected chi connectivity index (χ4v) is 1.39. The first-order valence-corrected chi connectivity index (χ1v) is 5.37. The number of halogens is 1. The smallest absolute Gasteiger partial charge is 0.244 e. The molecule has 3 nitrogen and oxygen atoms in total. The maximum atomic E-state index is 12.9. The van der Waals surface area contributed by atoms with Crippen LogP contribution in [0.15, 0.2) is 24.3 Å². The Balaban J connectivity index is 2.78. The van der Waals surface area contributed by atoms with E-state index in [1.165, 1.54) is 12.1 Å². The molecule has 0 aromatic heterocycles. The minimum absolute atomic E-state index is 0.275. The van der Waals surface area contributed by atoms with Crippen molar-refractivity contribution in [1.82, 2.24) is 0 Å². The van der Waals surface area contributed by atoms with Crippen LogP contribution in [0.5, 0.6) is 0 Å². The Morgan fingerprint density at radius 1 is 1.44 bits per heavy atom. The number of hydrogen-bond acceptors (Lipinski definition) is 2. The van der Waals surface area contributed by atoms with E-state index in [0.29, 0.717) is 18.5 Å². The van der Waals surface area contributed by atoms with E-state index in [1.54, 1.807) is 12.1 Å². The summed E-state index contributed by atoms with van der Waals surface area (Å²) in [6.45, 7) is 3.71. The monoisotopic (exact) mass is 224 g/mol. The van der Waals surface area contributed by atoms with Crippen molar-refractivity contribution in [3.8, 4) is 0 Å². The number of carbonyl (C=O) groups excluding carboxylic acids is 1. The van der Waals surface area contributed by atoms with E-state index >= 15 is 0 Å². The van der Waals surface area contributed by atoms with Gasteiger partial charge < -0.3 is 11.1 Å². The third kappa shape index (κ3) is 2.79. The molecule has 0 atom stereocenters. The lowest BCUT2D eigenvalue weighted by atomic mass is 9.93. The molecule has 0 radical (unpaired) electrons. The predicted molar refractivity (Wildman–Crippen MR) is 62.5 cm³/mol. The van der Waals surface area contributed by atoms with Crippen LogP contribution in [-0.4, -0.2) is 11.4 Å². The van der Waals surface area contributed by atoms with Gasteiger partial charge in [-0.3, -0.25) is 4.79 Å². The molecule has 1 aromatic carbocycles. The van der Waals surface area contributed by atoms with Crippen molar-refractivity contribution in [2.45, 2.75) is 32.2 Å². The van der Waals surface area contributed by atoms with Gasteiger partial charge in [-0.15, -0.1) is 0 Å². The quantitative estimate of drug-likeness (QED) is 0.824. The van der Waals surface area contributed by atoms with Gasteiger partial charge in [0.1, 0.15) is 5.82 Å². The van der Waals surface area contributed by atoms with Gasteiger partial charge in [0.15, 0.2) is 0 Å². The number of nitrogens with two attached hydrogens (primary N) is 1. The average molecular weight is 224 g/mol. The average Bonchev–Trinajstić information content (AvgIpc) is 2.28. The fraction of sp³-hybridized carbons (Fsp3) is 0.417. The molecule has 3 N–H and O–H groups in total. The number of rotatable bonds is 4. The summed E-state index contributed by atoms with van der Waals surface area (Å²) in [5.74, 6) is -0.656. The standard InChI is InChI=1S/C12H17FN2O/c1-3-12(14,4-2)11(16)15-10-7-5-6-9(13)8-10/h5-8H,3-4,14H2,1-2H3,(H,15,16). The van der Waals surface area contributed by atoms with Gasteiger partial charge in [-0.25, -0.2) is 4.39 Å². The molecule has 0 saturated heterocycles. The van der Waals surface area contributed by atoms with Gasteiger partial charge >= 0.3 is 0 Å². The molecule has 16 heavy (non-hydrogen) atoms. The van der Waals surface area contributed by atoms with Crippen LogP contribution in [0.2, 0.25) is 0 Å². The number of hydrogen-bond donors (Lipinski definition) is 2. The van der Waals surface area contributed by atoms with Gasteiger partial charge in [0.25, 0.3) is 0 Å². The molecule has 1 rings (SSSR count). The van der Waals surface area contributed by atoms with E-state index < -0.39 is 5.54 Å². The topological polar surface area (TPSA) is 55.1 Å². The van der Waals surface area contributed by atoms with Crippen molar-refractivity contribution in [2.75, 3.05) is 5.32 Å². The van der Waals surface area contributed by atoms with Crippen molar-refractivity contribution in [2.24, 2.45) is 5.73 Å². The van der Waals surface area contributed by atoms with Crippen LogP contribution < -0.4 is 11.1 Å². The van der Waals surface area contributed by atoms with Crippen LogP contribution in [-0.2, 0) is 4.79 Å². The highest BCUT2D eigenvalue weighted by atomic mass is 19.1. The molecule has 0 aliphatic carbocycles. The summed E-state index contributed by atoms with van der Waals surface area (Å²) < 4.78 is 12.9. The minimum Gasteiger partial charge on any atom is -0.324 e. The molecule has 0 aliphatic rings. The van der Waals surface area contributed by atoms with Crippen LogP contribution in [0.3, 0.4) is 0 Å². The predicted octanol–water partition coefficient (Wildman–Crippen LogP) is 2.28. The Bertz CT molecular complexity index is 375. The molecular weight excluding hydrogens is 207 g/mol. The highest BCUT2D eigenvalue weighted by Gasteiger charge is 2.29. The Morgan fingerprint density at radius 3 is 2.56 bits per heavy atom. The van der Waals surface area contributed by atoms with Gasteiger partial charge in [0.05, 0.1) is 5.54 Å². The third-order valence-electron chi connectivity index (χ3n) is 2.80. The molecule has 0 saturated carbocycles. The molecule has 1 aromatic rings. The second-order valence-electron chi connectivity index (χ2n) is 3.83. The molecule has 0 bridgehead atoms. The Kier molecular flexibility index (Phi) is 4.01. The van der Waals surface area contributed by atoms with Crippen LogP contribution in [0, 0.1) is 5.82 Å². The summed E-state index contributed by atoms with van der Waals surface area (Å²) >= 11 is 0. The third-order valence-corrected chi connectivity index (χ3v) is 2.80. The van der Waals surface area contributed by atoms with E-state index in [2.05, 4.69) is 5.32 Å². The first kappa shape index (κ1) is 12.6. The minimum atomic E-state index is -0.883.